The summed E-state index contributed by atoms with van der Waals surface area (Å²) in [4.78, 5) is 19.3. The van der Waals surface area contributed by atoms with Crippen LogP contribution in [0.3, 0.4) is 0 Å². The number of amides is 2. The molecule has 0 bridgehead atoms. The number of aromatic nitrogens is 2. The number of benzene rings is 1. The van der Waals surface area contributed by atoms with E-state index < -0.39 is 0 Å². The minimum absolute atomic E-state index is 0.0397. The molecule has 0 atom stereocenters. The third kappa shape index (κ3) is 2.41. The summed E-state index contributed by atoms with van der Waals surface area (Å²) >= 11 is 1.69. The van der Waals surface area contributed by atoms with Gasteiger partial charge in [-0.15, -0.1) is 11.3 Å². The summed E-state index contributed by atoms with van der Waals surface area (Å²) in [5.41, 5.74) is 3.13. The fraction of sp³-hybridized carbons (Fsp3) is 0.176. The molecule has 0 unspecified atom stereocenters. The van der Waals surface area contributed by atoms with Gasteiger partial charge in [-0.1, -0.05) is 6.07 Å². The molecule has 3 heterocycles. The highest BCUT2D eigenvalue weighted by atomic mass is 32.1. The molecule has 2 amide bonds. The van der Waals surface area contributed by atoms with Crippen LogP contribution in [-0.2, 0) is 0 Å². The van der Waals surface area contributed by atoms with Gasteiger partial charge < -0.3 is 5.32 Å². The van der Waals surface area contributed by atoms with E-state index in [0.717, 1.165) is 17.2 Å². The highest BCUT2D eigenvalue weighted by Gasteiger charge is 2.21. The molecule has 116 valence electrons. The number of nitrogens with zero attached hydrogens (tertiary/aromatic N) is 3. The van der Waals surface area contributed by atoms with E-state index in [4.69, 9.17) is 0 Å². The molecule has 0 saturated carbocycles. The summed E-state index contributed by atoms with van der Waals surface area (Å²) < 4.78 is 2.07. The second-order valence-corrected chi connectivity index (χ2v) is 6.37. The molecule has 0 radical (unpaired) electrons. The molecule has 1 N–H and O–H groups in total. The van der Waals surface area contributed by atoms with E-state index in [1.165, 1.54) is 10.4 Å². The van der Waals surface area contributed by atoms with Gasteiger partial charge in [0.2, 0.25) is 0 Å². The van der Waals surface area contributed by atoms with Crippen molar-refractivity contribution in [3.05, 3.63) is 53.7 Å². The number of anilines is 1. The van der Waals surface area contributed by atoms with Crippen molar-refractivity contribution in [1.29, 1.82) is 0 Å². The number of aryl methyl sites for hydroxylation is 1. The van der Waals surface area contributed by atoms with Crippen molar-refractivity contribution in [2.45, 2.75) is 6.92 Å². The van der Waals surface area contributed by atoms with E-state index in [1.54, 1.807) is 16.2 Å². The zero-order valence-electron chi connectivity index (χ0n) is 12.7. The Kier molecular flexibility index (Phi) is 3.38. The average Bonchev–Trinajstić information content (AvgIpc) is 3.27. The van der Waals surface area contributed by atoms with E-state index in [1.807, 2.05) is 36.7 Å². The number of thiophene rings is 1. The van der Waals surface area contributed by atoms with Gasteiger partial charge in [0, 0.05) is 36.9 Å². The van der Waals surface area contributed by atoms with Crippen LogP contribution in [0.1, 0.15) is 5.56 Å². The largest absolute Gasteiger partial charge is 0.336 e. The van der Waals surface area contributed by atoms with Crippen LogP contribution in [0.2, 0.25) is 0 Å². The lowest BCUT2D eigenvalue weighted by Gasteiger charge is -2.16. The molecule has 6 heteroatoms. The Bertz CT molecular complexity index is 867. The zero-order valence-corrected chi connectivity index (χ0v) is 13.5. The summed E-state index contributed by atoms with van der Waals surface area (Å²) in [5.74, 6) is 0.931. The minimum Gasteiger partial charge on any atom is -0.336 e. The van der Waals surface area contributed by atoms with Crippen LogP contribution in [-0.4, -0.2) is 28.7 Å². The quantitative estimate of drug-likeness (QED) is 0.802. The predicted molar refractivity (Wildman–Crippen MR) is 92.4 cm³/mol. The van der Waals surface area contributed by atoms with Crippen molar-refractivity contribution in [1.82, 2.24) is 14.9 Å². The van der Waals surface area contributed by atoms with Gasteiger partial charge in [0.1, 0.15) is 0 Å². The molecule has 1 saturated heterocycles. The van der Waals surface area contributed by atoms with Gasteiger partial charge in [0.25, 0.3) is 0 Å². The highest BCUT2D eigenvalue weighted by Crippen LogP contribution is 2.30. The van der Waals surface area contributed by atoms with E-state index in [0.29, 0.717) is 13.1 Å². The molecule has 5 nitrogen and oxygen atoms in total. The summed E-state index contributed by atoms with van der Waals surface area (Å²) in [6.07, 6.45) is 3.77. The van der Waals surface area contributed by atoms with Crippen LogP contribution in [0.4, 0.5) is 10.5 Å². The number of carbonyl (C=O) groups is 1. The van der Waals surface area contributed by atoms with Crippen LogP contribution >= 0.6 is 11.3 Å². The second kappa shape index (κ2) is 5.55. The Morgan fingerprint density at radius 3 is 2.87 bits per heavy atom. The van der Waals surface area contributed by atoms with Crippen LogP contribution in [0.5, 0.6) is 0 Å². The predicted octanol–water partition coefficient (Wildman–Crippen LogP) is 3.44. The first-order valence-corrected chi connectivity index (χ1v) is 8.35. The van der Waals surface area contributed by atoms with Gasteiger partial charge in [-0.2, -0.15) is 0 Å². The Labute approximate surface area is 138 Å². The second-order valence-electron chi connectivity index (χ2n) is 5.46. The maximum atomic E-state index is 11.9. The van der Waals surface area contributed by atoms with Crippen molar-refractivity contribution in [2.24, 2.45) is 0 Å². The molecule has 1 fully saturated rings. The molecule has 23 heavy (non-hydrogen) atoms. The summed E-state index contributed by atoms with van der Waals surface area (Å²) in [7, 11) is 0. The van der Waals surface area contributed by atoms with Crippen molar-refractivity contribution >= 4 is 23.1 Å². The summed E-state index contributed by atoms with van der Waals surface area (Å²) in [6.45, 7) is 3.48. The molecule has 1 aliphatic rings. The molecular weight excluding hydrogens is 308 g/mol. The first kappa shape index (κ1) is 14.0. The average molecular weight is 324 g/mol. The van der Waals surface area contributed by atoms with Gasteiger partial charge in [-0.3, -0.25) is 9.47 Å². The van der Waals surface area contributed by atoms with E-state index in [2.05, 4.69) is 33.2 Å². The number of imidazole rings is 1. The van der Waals surface area contributed by atoms with E-state index in [9.17, 15) is 4.79 Å². The molecule has 3 aromatic rings. The Morgan fingerprint density at radius 2 is 2.13 bits per heavy atom. The summed E-state index contributed by atoms with van der Waals surface area (Å²) in [5, 5.41) is 4.91. The molecule has 2 aromatic heterocycles. The van der Waals surface area contributed by atoms with Gasteiger partial charge in [-0.05, 0) is 42.1 Å². The normalized spacial score (nSPS) is 14.3. The van der Waals surface area contributed by atoms with Crippen LogP contribution in [0.25, 0.3) is 16.4 Å². The van der Waals surface area contributed by atoms with Gasteiger partial charge in [0.05, 0.1) is 4.88 Å². The van der Waals surface area contributed by atoms with Crippen molar-refractivity contribution in [3.63, 3.8) is 0 Å². The third-order valence-electron chi connectivity index (χ3n) is 3.98. The van der Waals surface area contributed by atoms with E-state index >= 15 is 0 Å². The molecule has 1 aromatic carbocycles. The number of urea groups is 1. The highest BCUT2D eigenvalue weighted by molar-refractivity contribution is 7.13. The number of rotatable bonds is 3. The standard InChI is InChI=1S/C17H16N4OS/c1-12-5-10-23-15(12)16-18-6-8-20(16)13-3-2-4-14(11-13)21-9-7-19-17(21)22/h2-6,8,10-11H,7,9H2,1H3,(H,19,22). The lowest BCUT2D eigenvalue weighted by Crippen LogP contribution is -2.27. The van der Waals surface area contributed by atoms with Crippen LogP contribution < -0.4 is 10.2 Å². The third-order valence-corrected chi connectivity index (χ3v) is 4.99. The lowest BCUT2D eigenvalue weighted by molar-refractivity contribution is 0.252. The minimum atomic E-state index is -0.0397. The number of hydrogen-bond donors (Lipinski definition) is 1. The van der Waals surface area contributed by atoms with Crippen molar-refractivity contribution in [2.75, 3.05) is 18.0 Å². The van der Waals surface area contributed by atoms with Crippen molar-refractivity contribution < 1.29 is 4.79 Å². The number of hydrogen-bond acceptors (Lipinski definition) is 3. The van der Waals surface area contributed by atoms with E-state index in [-0.39, 0.29) is 6.03 Å². The summed E-state index contributed by atoms with van der Waals surface area (Å²) in [6, 6.07) is 10.1. The van der Waals surface area contributed by atoms with Gasteiger partial charge in [-0.25, -0.2) is 9.78 Å². The molecule has 0 aliphatic carbocycles. The van der Waals surface area contributed by atoms with Crippen LogP contribution in [0.15, 0.2) is 48.1 Å². The maximum absolute atomic E-state index is 11.9. The Hall–Kier alpha value is -2.60. The van der Waals surface area contributed by atoms with Gasteiger partial charge in [0.15, 0.2) is 5.82 Å². The topological polar surface area (TPSA) is 50.2 Å². The SMILES string of the molecule is Cc1ccsc1-c1nccn1-c1cccc(N2CCNC2=O)c1. The Morgan fingerprint density at radius 1 is 1.26 bits per heavy atom. The maximum Gasteiger partial charge on any atom is 0.321 e. The first-order valence-electron chi connectivity index (χ1n) is 7.47. The Balaban J connectivity index is 1.76. The lowest BCUT2D eigenvalue weighted by atomic mass is 10.2. The van der Waals surface area contributed by atoms with Crippen molar-refractivity contribution in [3.8, 4) is 16.4 Å². The fourth-order valence-corrected chi connectivity index (χ4v) is 3.73. The first-order chi connectivity index (χ1) is 11.2. The fourth-order valence-electron chi connectivity index (χ4n) is 2.81. The molecule has 0 spiro atoms. The number of nitrogens with one attached hydrogen (secondary N) is 1. The smallest absolute Gasteiger partial charge is 0.321 e. The zero-order chi connectivity index (χ0) is 15.8. The molecule has 1 aliphatic heterocycles. The molecule has 4 rings (SSSR count). The van der Waals surface area contributed by atoms with Gasteiger partial charge >= 0.3 is 6.03 Å². The number of carbonyl (C=O) groups excluding carboxylic acids is 1. The van der Waals surface area contributed by atoms with Crippen LogP contribution in [0, 0.1) is 6.92 Å². The molecular formula is C17H16N4OS. The monoisotopic (exact) mass is 324 g/mol.